The van der Waals surface area contributed by atoms with Gasteiger partial charge in [-0.15, -0.1) is 12.4 Å². The van der Waals surface area contributed by atoms with Crippen LogP contribution in [-0.4, -0.2) is 37.4 Å². The average Bonchev–Trinajstić information content (AvgIpc) is 3.26. The maximum Gasteiger partial charge on any atom is 0.251 e. The van der Waals surface area contributed by atoms with E-state index in [0.717, 1.165) is 43.0 Å². The van der Waals surface area contributed by atoms with Crippen molar-refractivity contribution in [2.45, 2.75) is 26.1 Å². The van der Waals surface area contributed by atoms with E-state index in [-0.39, 0.29) is 18.3 Å². The smallest absolute Gasteiger partial charge is 0.251 e. The first-order valence-electron chi connectivity index (χ1n) is 8.30. The first-order valence-corrected chi connectivity index (χ1v) is 8.30. The number of rotatable bonds is 4. The summed E-state index contributed by atoms with van der Waals surface area (Å²) in [4.78, 5) is 16.5. The van der Waals surface area contributed by atoms with E-state index >= 15 is 0 Å². The highest BCUT2D eigenvalue weighted by atomic mass is 35.5. The largest absolute Gasteiger partial charge is 0.346 e. The van der Waals surface area contributed by atoms with Gasteiger partial charge < -0.3 is 10.6 Å². The Balaban J connectivity index is 0.00000196. The Bertz CT molecular complexity index is 852. The van der Waals surface area contributed by atoms with E-state index in [2.05, 4.69) is 30.9 Å². The SMILES string of the molecule is Cl.O=C(NCc1cc2n(n1)CCCNC2)c1cccc(-c2ncn[nH]2)c1. The number of hydrogen-bond acceptors (Lipinski definition) is 5. The number of hydrogen-bond donors (Lipinski definition) is 3. The normalized spacial score (nSPS) is 13.4. The molecule has 26 heavy (non-hydrogen) atoms. The van der Waals surface area contributed by atoms with Crippen LogP contribution >= 0.6 is 12.4 Å². The zero-order chi connectivity index (χ0) is 17.1. The van der Waals surface area contributed by atoms with Crippen LogP contribution in [0.5, 0.6) is 0 Å². The van der Waals surface area contributed by atoms with Crippen molar-refractivity contribution in [3.05, 3.63) is 53.6 Å². The van der Waals surface area contributed by atoms with Gasteiger partial charge in [0.2, 0.25) is 0 Å². The molecule has 0 bridgehead atoms. The molecule has 0 saturated carbocycles. The fourth-order valence-corrected chi connectivity index (χ4v) is 2.93. The van der Waals surface area contributed by atoms with E-state index < -0.39 is 0 Å². The lowest BCUT2D eigenvalue weighted by Gasteiger charge is -2.05. The van der Waals surface area contributed by atoms with Crippen LogP contribution in [0.15, 0.2) is 36.7 Å². The molecular weight excluding hydrogens is 354 g/mol. The van der Waals surface area contributed by atoms with Crippen molar-refractivity contribution < 1.29 is 4.79 Å². The van der Waals surface area contributed by atoms with Gasteiger partial charge in [-0.1, -0.05) is 12.1 Å². The molecule has 0 radical (unpaired) electrons. The van der Waals surface area contributed by atoms with Gasteiger partial charge in [0.05, 0.1) is 17.9 Å². The lowest BCUT2D eigenvalue weighted by molar-refractivity contribution is 0.0950. The zero-order valence-electron chi connectivity index (χ0n) is 14.1. The van der Waals surface area contributed by atoms with Crippen LogP contribution < -0.4 is 10.6 Å². The summed E-state index contributed by atoms with van der Waals surface area (Å²) in [5, 5.41) is 17.5. The third kappa shape index (κ3) is 3.92. The molecule has 1 amide bonds. The quantitative estimate of drug-likeness (QED) is 0.643. The zero-order valence-corrected chi connectivity index (χ0v) is 14.9. The second kappa shape index (κ2) is 8.11. The van der Waals surface area contributed by atoms with Gasteiger partial charge in [0.15, 0.2) is 5.82 Å². The molecule has 1 aliphatic rings. The molecule has 0 spiro atoms. The van der Waals surface area contributed by atoms with Crippen molar-refractivity contribution in [3.63, 3.8) is 0 Å². The molecule has 3 heterocycles. The lowest BCUT2D eigenvalue weighted by Crippen LogP contribution is -2.23. The summed E-state index contributed by atoms with van der Waals surface area (Å²) in [6.07, 6.45) is 2.51. The molecule has 0 aliphatic carbocycles. The molecule has 1 aromatic carbocycles. The molecule has 3 aromatic rings. The molecule has 0 saturated heterocycles. The minimum Gasteiger partial charge on any atom is -0.346 e. The Labute approximate surface area is 156 Å². The summed E-state index contributed by atoms with van der Waals surface area (Å²) < 4.78 is 2.02. The van der Waals surface area contributed by atoms with Gasteiger partial charge in [-0.25, -0.2) is 4.98 Å². The number of nitrogens with zero attached hydrogens (tertiary/aromatic N) is 4. The maximum absolute atomic E-state index is 12.4. The third-order valence-corrected chi connectivity index (χ3v) is 4.19. The number of aromatic amines is 1. The second-order valence-electron chi connectivity index (χ2n) is 5.98. The highest BCUT2D eigenvalue weighted by Crippen LogP contribution is 2.15. The molecule has 4 rings (SSSR count). The summed E-state index contributed by atoms with van der Waals surface area (Å²) in [6, 6.07) is 9.33. The molecule has 2 aromatic heterocycles. The van der Waals surface area contributed by atoms with Crippen LogP contribution in [0.4, 0.5) is 0 Å². The van der Waals surface area contributed by atoms with Gasteiger partial charge >= 0.3 is 0 Å². The Morgan fingerprint density at radius 3 is 3.08 bits per heavy atom. The molecule has 0 atom stereocenters. The van der Waals surface area contributed by atoms with Crippen LogP contribution in [0.2, 0.25) is 0 Å². The molecular formula is C17H20ClN7O. The summed E-state index contributed by atoms with van der Waals surface area (Å²) in [7, 11) is 0. The van der Waals surface area contributed by atoms with Crippen LogP contribution in [-0.2, 0) is 19.6 Å². The lowest BCUT2D eigenvalue weighted by atomic mass is 10.1. The summed E-state index contributed by atoms with van der Waals surface area (Å²) in [6.45, 7) is 3.15. The van der Waals surface area contributed by atoms with Gasteiger partial charge in [0, 0.05) is 24.2 Å². The molecule has 9 heteroatoms. The molecule has 1 aliphatic heterocycles. The van der Waals surface area contributed by atoms with Gasteiger partial charge in [0.25, 0.3) is 5.91 Å². The van der Waals surface area contributed by atoms with Gasteiger partial charge in [-0.05, 0) is 31.2 Å². The summed E-state index contributed by atoms with van der Waals surface area (Å²) in [5.74, 6) is 0.502. The van der Waals surface area contributed by atoms with E-state index in [0.29, 0.717) is 17.9 Å². The second-order valence-corrected chi connectivity index (χ2v) is 5.98. The van der Waals surface area contributed by atoms with Crippen LogP contribution in [0.25, 0.3) is 11.4 Å². The Kier molecular flexibility index (Phi) is 5.65. The van der Waals surface area contributed by atoms with Crippen LogP contribution in [0.1, 0.15) is 28.2 Å². The fourth-order valence-electron chi connectivity index (χ4n) is 2.93. The molecule has 3 N–H and O–H groups in total. The predicted molar refractivity (Wildman–Crippen MR) is 98.8 cm³/mol. The highest BCUT2D eigenvalue weighted by Gasteiger charge is 2.12. The van der Waals surface area contributed by atoms with E-state index in [4.69, 9.17) is 0 Å². The van der Waals surface area contributed by atoms with Crippen molar-refractivity contribution in [1.82, 2.24) is 35.6 Å². The molecule has 0 unspecified atom stereocenters. The standard InChI is InChI=1S/C17H19N7O.ClH/c25-17(13-4-1-3-12(7-13)16-20-11-21-22-16)19-9-14-8-15-10-18-5-2-6-24(15)23-14;/h1,3-4,7-8,11,18H,2,5-6,9-10H2,(H,19,25)(H,20,21,22);1H. The molecule has 8 nitrogen and oxygen atoms in total. The van der Waals surface area contributed by atoms with Gasteiger partial charge in [-0.2, -0.15) is 10.2 Å². The maximum atomic E-state index is 12.4. The number of benzene rings is 1. The number of H-pyrrole nitrogens is 1. The van der Waals surface area contributed by atoms with Gasteiger partial charge in [0.1, 0.15) is 6.33 Å². The number of amides is 1. The Hall–Kier alpha value is -2.71. The van der Waals surface area contributed by atoms with Crippen molar-refractivity contribution in [1.29, 1.82) is 0 Å². The number of nitrogens with one attached hydrogen (secondary N) is 3. The molecule has 0 fully saturated rings. The molecule has 136 valence electrons. The Morgan fingerprint density at radius 2 is 2.23 bits per heavy atom. The Morgan fingerprint density at radius 1 is 1.31 bits per heavy atom. The van der Waals surface area contributed by atoms with Gasteiger partial charge in [-0.3, -0.25) is 14.6 Å². The van der Waals surface area contributed by atoms with Crippen LogP contribution in [0, 0.1) is 0 Å². The van der Waals surface area contributed by atoms with Crippen molar-refractivity contribution in [3.8, 4) is 11.4 Å². The number of carbonyl (C=O) groups excluding carboxylic acids is 1. The van der Waals surface area contributed by atoms with Crippen molar-refractivity contribution in [2.24, 2.45) is 0 Å². The van der Waals surface area contributed by atoms with Crippen molar-refractivity contribution in [2.75, 3.05) is 6.54 Å². The first kappa shape index (κ1) is 18.1. The van der Waals surface area contributed by atoms with Crippen LogP contribution in [0.3, 0.4) is 0 Å². The monoisotopic (exact) mass is 373 g/mol. The van der Waals surface area contributed by atoms with E-state index in [1.165, 1.54) is 6.33 Å². The summed E-state index contributed by atoms with van der Waals surface area (Å²) >= 11 is 0. The number of halogens is 1. The number of fused-ring (bicyclic) bond motifs is 1. The predicted octanol–water partition coefficient (Wildman–Crippen LogP) is 1.51. The summed E-state index contributed by atoms with van der Waals surface area (Å²) in [5.41, 5.74) is 3.44. The minimum atomic E-state index is -0.136. The number of aryl methyl sites for hydroxylation is 1. The minimum absolute atomic E-state index is 0. The number of carbonyl (C=O) groups is 1. The van der Waals surface area contributed by atoms with E-state index in [1.54, 1.807) is 12.1 Å². The topological polar surface area (TPSA) is 101 Å². The number of aromatic nitrogens is 5. The fraction of sp³-hybridized carbons (Fsp3) is 0.294. The first-order chi connectivity index (χ1) is 12.3. The van der Waals surface area contributed by atoms with E-state index in [1.807, 2.05) is 22.9 Å². The van der Waals surface area contributed by atoms with Crippen molar-refractivity contribution >= 4 is 18.3 Å². The highest BCUT2D eigenvalue weighted by molar-refractivity contribution is 5.95. The van der Waals surface area contributed by atoms with E-state index in [9.17, 15) is 4.79 Å². The average molecular weight is 374 g/mol. The third-order valence-electron chi connectivity index (χ3n) is 4.19.